The van der Waals surface area contributed by atoms with Crippen LogP contribution in [0.5, 0.6) is 0 Å². The van der Waals surface area contributed by atoms with Crippen LogP contribution < -0.4 is 4.31 Å². The summed E-state index contributed by atoms with van der Waals surface area (Å²) >= 11 is 0. The van der Waals surface area contributed by atoms with Crippen molar-refractivity contribution in [3.8, 4) is 11.1 Å². The van der Waals surface area contributed by atoms with Gasteiger partial charge in [0.1, 0.15) is 0 Å². The Hall–Kier alpha value is -2.68. The fourth-order valence-electron chi connectivity index (χ4n) is 3.07. The Morgan fingerprint density at radius 2 is 1.73 bits per heavy atom. The molecule has 0 aliphatic rings. The number of hydrogen-bond acceptors (Lipinski definition) is 6. The van der Waals surface area contributed by atoms with Crippen LogP contribution in [0.25, 0.3) is 11.1 Å². The molecule has 0 radical (unpaired) electrons. The first kappa shape index (κ1) is 22.0. The van der Waals surface area contributed by atoms with Gasteiger partial charge in [0.2, 0.25) is 5.88 Å². The SMILES string of the molecule is CCOC(OC)N(c1onc(C)c1C)S(=O)(=O)c1ccccc1-c1ccc(C)cc1. The van der Waals surface area contributed by atoms with E-state index in [1.165, 1.54) is 7.11 Å². The second kappa shape index (κ2) is 8.99. The van der Waals surface area contributed by atoms with Crippen molar-refractivity contribution in [1.82, 2.24) is 5.16 Å². The molecule has 0 saturated heterocycles. The summed E-state index contributed by atoms with van der Waals surface area (Å²) in [5.41, 5.74) is 3.62. The van der Waals surface area contributed by atoms with E-state index in [-0.39, 0.29) is 17.4 Å². The number of methoxy groups -OCH3 is 1. The molecule has 2 aromatic carbocycles. The number of nitrogens with zero attached hydrogens (tertiary/aromatic N) is 2. The van der Waals surface area contributed by atoms with Crippen molar-refractivity contribution in [2.45, 2.75) is 39.0 Å². The maximum atomic E-state index is 13.9. The molecule has 1 atom stereocenters. The molecule has 0 saturated carbocycles. The molecule has 1 heterocycles. The van der Waals surface area contributed by atoms with Crippen LogP contribution in [0, 0.1) is 20.8 Å². The van der Waals surface area contributed by atoms with Gasteiger partial charge < -0.3 is 14.0 Å². The first-order valence-corrected chi connectivity index (χ1v) is 11.0. The van der Waals surface area contributed by atoms with Gasteiger partial charge in [-0.25, -0.2) is 8.42 Å². The van der Waals surface area contributed by atoms with E-state index >= 15 is 0 Å². The van der Waals surface area contributed by atoms with E-state index in [9.17, 15) is 8.42 Å². The molecule has 0 N–H and O–H groups in total. The van der Waals surface area contributed by atoms with Crippen LogP contribution in [0.3, 0.4) is 0 Å². The summed E-state index contributed by atoms with van der Waals surface area (Å²) in [6.07, 6.45) is -1.21. The number of rotatable bonds is 8. The Balaban J connectivity index is 2.22. The van der Waals surface area contributed by atoms with Gasteiger partial charge in [0, 0.05) is 24.8 Å². The molecule has 0 bridgehead atoms. The molecule has 0 aliphatic carbocycles. The Labute approximate surface area is 177 Å². The Morgan fingerprint density at radius 3 is 2.30 bits per heavy atom. The van der Waals surface area contributed by atoms with Gasteiger partial charge in [-0.3, -0.25) is 0 Å². The summed E-state index contributed by atoms with van der Waals surface area (Å²) in [6.45, 7) is 7.48. The van der Waals surface area contributed by atoms with E-state index < -0.39 is 16.4 Å². The lowest BCUT2D eigenvalue weighted by atomic mass is 10.0. The van der Waals surface area contributed by atoms with Crippen LogP contribution in [0.4, 0.5) is 5.88 Å². The molecule has 0 fully saturated rings. The maximum absolute atomic E-state index is 13.9. The molecule has 0 spiro atoms. The summed E-state index contributed by atoms with van der Waals surface area (Å²) in [7, 11) is -2.75. The Morgan fingerprint density at radius 1 is 1.07 bits per heavy atom. The van der Waals surface area contributed by atoms with Gasteiger partial charge in [-0.15, -0.1) is 0 Å². The fraction of sp³-hybridized carbons (Fsp3) is 0.318. The monoisotopic (exact) mass is 430 g/mol. The first-order valence-electron chi connectivity index (χ1n) is 9.59. The highest BCUT2D eigenvalue weighted by Crippen LogP contribution is 2.35. The Bertz CT molecular complexity index is 1110. The van der Waals surface area contributed by atoms with Crippen LogP contribution in [-0.2, 0) is 19.5 Å². The molecule has 3 aromatic rings. The quantitative estimate of drug-likeness (QED) is 0.492. The highest BCUT2D eigenvalue weighted by molar-refractivity contribution is 7.93. The normalized spacial score (nSPS) is 12.7. The second-order valence-electron chi connectivity index (χ2n) is 6.86. The van der Waals surface area contributed by atoms with E-state index in [0.717, 1.165) is 15.4 Å². The molecular weight excluding hydrogens is 404 g/mol. The number of ether oxygens (including phenoxy) is 2. The molecule has 7 nitrogen and oxygen atoms in total. The van der Waals surface area contributed by atoms with E-state index in [1.54, 1.807) is 45.0 Å². The summed E-state index contributed by atoms with van der Waals surface area (Å²) in [5, 5.41) is 3.92. The van der Waals surface area contributed by atoms with Crippen molar-refractivity contribution < 1.29 is 22.4 Å². The van der Waals surface area contributed by atoms with E-state index in [0.29, 0.717) is 16.8 Å². The van der Waals surface area contributed by atoms with Crippen LogP contribution in [0.1, 0.15) is 23.7 Å². The summed E-state index contributed by atoms with van der Waals surface area (Å²) in [5.74, 6) is 0.0616. The molecule has 30 heavy (non-hydrogen) atoms. The van der Waals surface area contributed by atoms with Crippen LogP contribution >= 0.6 is 0 Å². The molecule has 8 heteroatoms. The summed E-state index contributed by atoms with van der Waals surface area (Å²) < 4.78 is 45.2. The van der Waals surface area contributed by atoms with Crippen LogP contribution in [0.2, 0.25) is 0 Å². The Kier molecular flexibility index (Phi) is 6.60. The van der Waals surface area contributed by atoms with Crippen molar-refractivity contribution in [2.24, 2.45) is 0 Å². The average Bonchev–Trinajstić information content (AvgIpc) is 3.06. The fourth-order valence-corrected chi connectivity index (χ4v) is 4.76. The number of benzene rings is 2. The zero-order chi connectivity index (χ0) is 21.9. The summed E-state index contributed by atoms with van der Waals surface area (Å²) in [4.78, 5) is 0.115. The second-order valence-corrected chi connectivity index (χ2v) is 8.64. The number of anilines is 1. The number of aryl methyl sites for hydroxylation is 2. The minimum atomic E-state index is -4.14. The third-order valence-corrected chi connectivity index (χ3v) is 6.59. The molecule has 1 aromatic heterocycles. The van der Waals surface area contributed by atoms with Crippen LogP contribution in [0.15, 0.2) is 57.9 Å². The highest BCUT2D eigenvalue weighted by atomic mass is 32.2. The van der Waals surface area contributed by atoms with Gasteiger partial charge in [0.05, 0.1) is 10.6 Å². The lowest BCUT2D eigenvalue weighted by Crippen LogP contribution is -2.43. The largest absolute Gasteiger partial charge is 0.338 e. The van der Waals surface area contributed by atoms with Crippen molar-refractivity contribution in [3.05, 3.63) is 65.4 Å². The third-order valence-electron chi connectivity index (χ3n) is 4.82. The zero-order valence-electron chi connectivity index (χ0n) is 17.7. The topological polar surface area (TPSA) is 81.9 Å². The van der Waals surface area contributed by atoms with Crippen molar-refractivity contribution in [2.75, 3.05) is 18.0 Å². The average molecular weight is 431 g/mol. The van der Waals surface area contributed by atoms with Gasteiger partial charge in [-0.2, -0.15) is 4.31 Å². The van der Waals surface area contributed by atoms with Gasteiger partial charge in [0.25, 0.3) is 16.4 Å². The summed E-state index contributed by atoms with van der Waals surface area (Å²) in [6, 6.07) is 14.5. The van der Waals surface area contributed by atoms with Gasteiger partial charge in [-0.05, 0) is 39.3 Å². The first-order chi connectivity index (χ1) is 14.3. The van der Waals surface area contributed by atoms with Gasteiger partial charge in [-0.1, -0.05) is 53.2 Å². The van der Waals surface area contributed by atoms with E-state index in [1.807, 2.05) is 31.2 Å². The maximum Gasteiger partial charge on any atom is 0.271 e. The molecule has 0 aliphatic heterocycles. The van der Waals surface area contributed by atoms with E-state index in [2.05, 4.69) is 5.16 Å². The predicted octanol–water partition coefficient (Wildman–Crippen LogP) is 4.43. The lowest BCUT2D eigenvalue weighted by Gasteiger charge is -2.29. The minimum absolute atomic E-state index is 0.0616. The lowest BCUT2D eigenvalue weighted by molar-refractivity contribution is -0.112. The van der Waals surface area contributed by atoms with E-state index in [4.69, 9.17) is 14.0 Å². The number of hydrogen-bond donors (Lipinski definition) is 0. The highest BCUT2D eigenvalue weighted by Gasteiger charge is 2.38. The molecule has 0 amide bonds. The standard InChI is InChI=1S/C22H26N2O5S/c1-6-28-22(27-5)24(21-16(3)17(4)23-29-21)30(25,26)20-10-8-7-9-19(20)18-13-11-15(2)12-14-18/h7-14,22H,6H2,1-5H3. The van der Waals surface area contributed by atoms with Crippen molar-refractivity contribution >= 4 is 15.9 Å². The van der Waals surface area contributed by atoms with Crippen molar-refractivity contribution in [1.29, 1.82) is 0 Å². The molecular formula is C22H26N2O5S. The van der Waals surface area contributed by atoms with Gasteiger partial charge in [0.15, 0.2) is 0 Å². The molecule has 160 valence electrons. The van der Waals surface area contributed by atoms with Crippen molar-refractivity contribution in [3.63, 3.8) is 0 Å². The number of sulfonamides is 1. The number of aromatic nitrogens is 1. The molecule has 1 unspecified atom stereocenters. The predicted molar refractivity (Wildman–Crippen MR) is 115 cm³/mol. The minimum Gasteiger partial charge on any atom is -0.338 e. The smallest absolute Gasteiger partial charge is 0.271 e. The van der Waals surface area contributed by atoms with Crippen LogP contribution in [-0.4, -0.2) is 33.7 Å². The molecule has 3 rings (SSSR count). The zero-order valence-corrected chi connectivity index (χ0v) is 18.6. The third kappa shape index (κ3) is 4.12. The van der Waals surface area contributed by atoms with Gasteiger partial charge >= 0.3 is 0 Å².